The summed E-state index contributed by atoms with van der Waals surface area (Å²) < 4.78 is 10.5. The van der Waals surface area contributed by atoms with Crippen molar-refractivity contribution in [3.05, 3.63) is 23.8 Å². The second-order valence-corrected chi connectivity index (χ2v) is 3.52. The van der Waals surface area contributed by atoms with Crippen LogP contribution in [0.3, 0.4) is 0 Å². The molecule has 0 radical (unpaired) electrons. The summed E-state index contributed by atoms with van der Waals surface area (Å²) in [5.74, 6) is 0.888. The predicted octanol–water partition coefficient (Wildman–Crippen LogP) is 2.79. The van der Waals surface area contributed by atoms with E-state index in [0.717, 1.165) is 5.75 Å². The van der Waals surface area contributed by atoms with Crippen molar-refractivity contribution in [1.29, 1.82) is 0 Å². The Bertz CT molecular complexity index is 299. The summed E-state index contributed by atoms with van der Waals surface area (Å²) in [5, 5.41) is 0. The van der Waals surface area contributed by atoms with Gasteiger partial charge in [-0.15, -0.1) is 0 Å². The molecule has 0 N–H and O–H groups in total. The molecule has 1 aliphatic heterocycles. The van der Waals surface area contributed by atoms with Gasteiger partial charge in [0.2, 0.25) is 0 Å². The van der Waals surface area contributed by atoms with Crippen molar-refractivity contribution in [2.45, 2.75) is 17.9 Å². The van der Waals surface area contributed by atoms with E-state index in [4.69, 9.17) is 8.92 Å². The molecule has 0 aromatic heterocycles. The van der Waals surface area contributed by atoms with Gasteiger partial charge in [-0.25, -0.2) is 0 Å². The number of hydrogen-bond acceptors (Lipinski definition) is 3. The van der Waals surface area contributed by atoms with E-state index < -0.39 is 0 Å². The van der Waals surface area contributed by atoms with Crippen LogP contribution in [0.5, 0.6) is 5.75 Å². The zero-order valence-electron chi connectivity index (χ0n) is 7.03. The van der Waals surface area contributed by atoms with E-state index in [0.29, 0.717) is 0 Å². The number of ether oxygens (including phenoxy) is 1. The average Bonchev–Trinajstić information content (AvgIpc) is 2.47. The predicted molar refractivity (Wildman–Crippen MR) is 48.4 cm³/mol. The summed E-state index contributed by atoms with van der Waals surface area (Å²) in [6, 6.07) is 6.02. The lowest BCUT2D eigenvalue weighted by atomic mass is 10.1. The lowest BCUT2D eigenvalue weighted by molar-refractivity contribution is 0.286. The molecule has 12 heavy (non-hydrogen) atoms. The first-order chi connectivity index (χ1) is 5.81. The van der Waals surface area contributed by atoms with Crippen molar-refractivity contribution < 1.29 is 8.92 Å². The Balaban J connectivity index is 2.41. The Morgan fingerprint density at radius 1 is 1.50 bits per heavy atom. The highest BCUT2D eigenvalue weighted by Crippen LogP contribution is 2.42. The van der Waals surface area contributed by atoms with Crippen LogP contribution < -0.4 is 4.74 Å². The second-order valence-electron chi connectivity index (χ2n) is 2.73. The second kappa shape index (κ2) is 2.99. The fraction of sp³-hybridized carbons (Fsp3) is 0.333. The van der Waals surface area contributed by atoms with Crippen LogP contribution in [0, 0.1) is 0 Å². The van der Waals surface area contributed by atoms with Gasteiger partial charge in [0.1, 0.15) is 5.75 Å². The smallest absolute Gasteiger partial charge is 0.120 e. The Morgan fingerprint density at radius 2 is 2.33 bits per heavy atom. The molecule has 1 aromatic rings. The molecule has 3 heteroatoms. The minimum Gasteiger partial charge on any atom is -0.497 e. The summed E-state index contributed by atoms with van der Waals surface area (Å²) in [7, 11) is 1.67. The Kier molecular flexibility index (Phi) is 1.98. The van der Waals surface area contributed by atoms with Crippen LogP contribution >= 0.6 is 12.0 Å². The number of methoxy groups -OCH3 is 1. The van der Waals surface area contributed by atoms with Gasteiger partial charge in [0.25, 0.3) is 0 Å². The Morgan fingerprint density at radius 3 is 3.08 bits per heavy atom. The molecular formula is C9H10O2S. The van der Waals surface area contributed by atoms with Crippen LogP contribution in [0.1, 0.15) is 18.6 Å². The zero-order chi connectivity index (χ0) is 8.55. The van der Waals surface area contributed by atoms with E-state index in [1.165, 1.54) is 22.5 Å². The van der Waals surface area contributed by atoms with Crippen LogP contribution in [-0.4, -0.2) is 7.11 Å². The van der Waals surface area contributed by atoms with Gasteiger partial charge in [0.15, 0.2) is 0 Å². The van der Waals surface area contributed by atoms with Crippen molar-refractivity contribution in [1.82, 2.24) is 0 Å². The number of fused-ring (bicyclic) bond motifs is 1. The van der Waals surface area contributed by atoms with Crippen molar-refractivity contribution in [2.24, 2.45) is 0 Å². The van der Waals surface area contributed by atoms with Gasteiger partial charge >= 0.3 is 0 Å². The van der Waals surface area contributed by atoms with E-state index in [-0.39, 0.29) is 6.10 Å². The minimum absolute atomic E-state index is 0.205. The molecule has 0 fully saturated rings. The van der Waals surface area contributed by atoms with E-state index in [1.807, 2.05) is 19.1 Å². The maximum atomic E-state index is 5.38. The summed E-state index contributed by atoms with van der Waals surface area (Å²) in [6.45, 7) is 2.05. The maximum Gasteiger partial charge on any atom is 0.120 e. The van der Waals surface area contributed by atoms with Crippen molar-refractivity contribution in [3.63, 3.8) is 0 Å². The molecule has 1 aromatic carbocycles. The molecule has 2 rings (SSSR count). The van der Waals surface area contributed by atoms with Gasteiger partial charge in [-0.2, -0.15) is 0 Å². The molecule has 1 unspecified atom stereocenters. The SMILES string of the molecule is COc1ccc2c(c1)SOC2C. The fourth-order valence-electron chi connectivity index (χ4n) is 1.23. The van der Waals surface area contributed by atoms with E-state index in [1.54, 1.807) is 7.11 Å². The molecule has 64 valence electrons. The highest BCUT2D eigenvalue weighted by Gasteiger charge is 2.20. The molecule has 0 spiro atoms. The van der Waals surface area contributed by atoms with Crippen molar-refractivity contribution in [3.8, 4) is 5.75 Å². The third-order valence-corrected chi connectivity index (χ3v) is 2.86. The molecule has 0 saturated heterocycles. The van der Waals surface area contributed by atoms with Crippen LogP contribution in [0.25, 0.3) is 0 Å². The van der Waals surface area contributed by atoms with Crippen molar-refractivity contribution in [2.75, 3.05) is 7.11 Å². The first-order valence-corrected chi connectivity index (χ1v) is 4.56. The van der Waals surface area contributed by atoms with Gasteiger partial charge in [0, 0.05) is 16.9 Å². The Labute approximate surface area is 76.1 Å². The van der Waals surface area contributed by atoms with Crippen LogP contribution in [0.4, 0.5) is 0 Å². The third-order valence-electron chi connectivity index (χ3n) is 1.94. The van der Waals surface area contributed by atoms with E-state index in [2.05, 4.69) is 6.07 Å². The zero-order valence-corrected chi connectivity index (χ0v) is 7.85. The van der Waals surface area contributed by atoms with Gasteiger partial charge in [-0.1, -0.05) is 6.07 Å². The quantitative estimate of drug-likeness (QED) is 0.622. The number of benzene rings is 1. The van der Waals surface area contributed by atoms with E-state index in [9.17, 15) is 0 Å². The standard InChI is InChI=1S/C9H10O2S/c1-6-8-4-3-7(10-2)5-9(8)12-11-6/h3-6H,1-2H3. The highest BCUT2D eigenvalue weighted by atomic mass is 32.2. The van der Waals surface area contributed by atoms with Crippen molar-refractivity contribution >= 4 is 12.0 Å². The molecule has 0 aliphatic carbocycles. The number of hydrogen-bond donors (Lipinski definition) is 0. The number of rotatable bonds is 1. The summed E-state index contributed by atoms with van der Waals surface area (Å²) >= 11 is 1.43. The van der Waals surface area contributed by atoms with Gasteiger partial charge in [-0.05, 0) is 24.6 Å². The first kappa shape index (κ1) is 7.95. The van der Waals surface area contributed by atoms with Gasteiger partial charge < -0.3 is 8.92 Å². The normalized spacial score (nSPS) is 20.7. The molecule has 1 heterocycles. The van der Waals surface area contributed by atoms with Crippen LogP contribution in [-0.2, 0) is 4.18 Å². The molecule has 1 atom stereocenters. The molecule has 1 aliphatic rings. The molecule has 0 bridgehead atoms. The van der Waals surface area contributed by atoms with E-state index >= 15 is 0 Å². The average molecular weight is 182 g/mol. The first-order valence-electron chi connectivity index (χ1n) is 3.82. The maximum absolute atomic E-state index is 5.38. The third kappa shape index (κ3) is 1.19. The summed E-state index contributed by atoms with van der Waals surface area (Å²) in [4.78, 5) is 1.17. The van der Waals surface area contributed by atoms with Crippen LogP contribution in [0.15, 0.2) is 23.1 Å². The van der Waals surface area contributed by atoms with Crippen LogP contribution in [0.2, 0.25) is 0 Å². The molecule has 0 amide bonds. The lowest BCUT2D eigenvalue weighted by Gasteiger charge is -2.02. The summed E-state index contributed by atoms with van der Waals surface area (Å²) in [6.07, 6.45) is 0.205. The fourth-order valence-corrected chi connectivity index (χ4v) is 2.07. The largest absolute Gasteiger partial charge is 0.497 e. The topological polar surface area (TPSA) is 18.5 Å². The molecular weight excluding hydrogens is 172 g/mol. The summed E-state index contributed by atoms with van der Waals surface area (Å²) in [5.41, 5.74) is 1.25. The minimum atomic E-state index is 0.205. The van der Waals surface area contributed by atoms with Gasteiger partial charge in [-0.3, -0.25) is 0 Å². The molecule has 2 nitrogen and oxygen atoms in total. The molecule has 0 saturated carbocycles. The highest BCUT2D eigenvalue weighted by molar-refractivity contribution is 7.95. The van der Waals surface area contributed by atoms with Gasteiger partial charge in [0.05, 0.1) is 13.2 Å². The monoisotopic (exact) mass is 182 g/mol. The Hall–Kier alpha value is -0.670. The lowest BCUT2D eigenvalue weighted by Crippen LogP contribution is -1.88.